The molecule has 0 aliphatic carbocycles. The summed E-state index contributed by atoms with van der Waals surface area (Å²) in [6.07, 6.45) is 2.60. The van der Waals surface area contributed by atoms with Crippen molar-refractivity contribution >= 4 is 15.9 Å². The molecule has 0 aliphatic heterocycles. The minimum atomic E-state index is -0.0830. The smallest absolute Gasteiger partial charge is 0.0716 e. The molecule has 2 aromatic rings. The zero-order valence-corrected chi connectivity index (χ0v) is 12.2. The Kier molecular flexibility index (Phi) is 4.15. The molecule has 0 bridgehead atoms. The molecule has 0 fully saturated rings. The Hall–Kier alpha value is -1.19. The number of halogens is 1. The standard InChI is InChI=1S/C15H17BrN2/c1-10-5-3-6-11(2)12(10)9-14(17)15-13(16)7-4-8-18-15/h3-8,14H,9,17H2,1-2H3. The first kappa shape index (κ1) is 13.2. The van der Waals surface area contributed by atoms with Crippen molar-refractivity contribution in [2.24, 2.45) is 5.73 Å². The van der Waals surface area contributed by atoms with Gasteiger partial charge in [0.05, 0.1) is 11.7 Å². The van der Waals surface area contributed by atoms with E-state index < -0.39 is 0 Å². The lowest BCUT2D eigenvalue weighted by Gasteiger charge is -2.16. The number of nitrogens with two attached hydrogens (primary N) is 1. The van der Waals surface area contributed by atoms with Crippen LogP contribution in [0.1, 0.15) is 28.4 Å². The first-order chi connectivity index (χ1) is 8.59. The van der Waals surface area contributed by atoms with Crippen LogP contribution in [-0.4, -0.2) is 4.98 Å². The Labute approximate surface area is 116 Å². The molecular formula is C15H17BrN2. The van der Waals surface area contributed by atoms with E-state index >= 15 is 0 Å². The van der Waals surface area contributed by atoms with Crippen molar-refractivity contribution in [2.75, 3.05) is 0 Å². The van der Waals surface area contributed by atoms with Gasteiger partial charge in [-0.3, -0.25) is 4.98 Å². The maximum Gasteiger partial charge on any atom is 0.0716 e. The van der Waals surface area contributed by atoms with Crippen molar-refractivity contribution in [3.05, 3.63) is 63.4 Å². The summed E-state index contributed by atoms with van der Waals surface area (Å²) < 4.78 is 0.976. The fourth-order valence-electron chi connectivity index (χ4n) is 2.16. The quantitative estimate of drug-likeness (QED) is 0.939. The average molecular weight is 305 g/mol. The second-order valence-corrected chi connectivity index (χ2v) is 5.41. The molecule has 1 atom stereocenters. The molecule has 0 aliphatic rings. The van der Waals surface area contributed by atoms with Gasteiger partial charge in [-0.1, -0.05) is 18.2 Å². The molecule has 2 N–H and O–H groups in total. The highest BCUT2D eigenvalue weighted by molar-refractivity contribution is 9.10. The molecule has 0 radical (unpaired) electrons. The monoisotopic (exact) mass is 304 g/mol. The lowest BCUT2D eigenvalue weighted by Crippen LogP contribution is -2.16. The molecule has 3 heteroatoms. The van der Waals surface area contributed by atoms with Crippen LogP contribution >= 0.6 is 15.9 Å². The van der Waals surface area contributed by atoms with Crippen molar-refractivity contribution in [2.45, 2.75) is 26.3 Å². The van der Waals surface area contributed by atoms with E-state index in [-0.39, 0.29) is 6.04 Å². The minimum Gasteiger partial charge on any atom is -0.322 e. The Morgan fingerprint density at radius 1 is 1.17 bits per heavy atom. The molecular weight excluding hydrogens is 288 g/mol. The van der Waals surface area contributed by atoms with E-state index in [9.17, 15) is 0 Å². The molecule has 0 amide bonds. The molecule has 1 heterocycles. The van der Waals surface area contributed by atoms with Crippen LogP contribution in [-0.2, 0) is 6.42 Å². The third-order valence-electron chi connectivity index (χ3n) is 3.21. The van der Waals surface area contributed by atoms with Crippen LogP contribution in [0.25, 0.3) is 0 Å². The van der Waals surface area contributed by atoms with Gasteiger partial charge in [-0.15, -0.1) is 0 Å². The van der Waals surface area contributed by atoms with Crippen LogP contribution in [0.2, 0.25) is 0 Å². The normalized spacial score (nSPS) is 12.4. The van der Waals surface area contributed by atoms with E-state index in [0.29, 0.717) is 0 Å². The Morgan fingerprint density at radius 3 is 2.44 bits per heavy atom. The summed E-state index contributed by atoms with van der Waals surface area (Å²) in [6.45, 7) is 4.25. The highest BCUT2D eigenvalue weighted by Crippen LogP contribution is 2.24. The average Bonchev–Trinajstić information content (AvgIpc) is 2.34. The summed E-state index contributed by atoms with van der Waals surface area (Å²) in [5.41, 5.74) is 11.1. The summed E-state index contributed by atoms with van der Waals surface area (Å²) in [6, 6.07) is 10.1. The van der Waals surface area contributed by atoms with Gasteiger partial charge in [-0.05, 0) is 65.0 Å². The zero-order chi connectivity index (χ0) is 13.1. The number of aryl methyl sites for hydroxylation is 2. The molecule has 1 aromatic carbocycles. The third kappa shape index (κ3) is 2.79. The maximum absolute atomic E-state index is 6.27. The molecule has 94 valence electrons. The number of aromatic nitrogens is 1. The van der Waals surface area contributed by atoms with Crippen LogP contribution in [0.4, 0.5) is 0 Å². The topological polar surface area (TPSA) is 38.9 Å². The lowest BCUT2D eigenvalue weighted by molar-refractivity contribution is 0.687. The largest absolute Gasteiger partial charge is 0.322 e. The zero-order valence-electron chi connectivity index (χ0n) is 10.7. The predicted molar refractivity (Wildman–Crippen MR) is 78.5 cm³/mol. The van der Waals surface area contributed by atoms with Gasteiger partial charge >= 0.3 is 0 Å². The SMILES string of the molecule is Cc1cccc(C)c1CC(N)c1ncccc1Br. The van der Waals surface area contributed by atoms with E-state index in [1.165, 1.54) is 16.7 Å². The molecule has 2 nitrogen and oxygen atoms in total. The fraction of sp³-hybridized carbons (Fsp3) is 0.267. The van der Waals surface area contributed by atoms with Gasteiger partial charge in [-0.2, -0.15) is 0 Å². The molecule has 2 rings (SSSR count). The van der Waals surface area contributed by atoms with Gasteiger partial charge in [0.2, 0.25) is 0 Å². The summed E-state index contributed by atoms with van der Waals surface area (Å²) in [7, 11) is 0. The summed E-state index contributed by atoms with van der Waals surface area (Å²) >= 11 is 3.50. The van der Waals surface area contributed by atoms with Crippen LogP contribution in [0.15, 0.2) is 41.0 Å². The van der Waals surface area contributed by atoms with Gasteiger partial charge < -0.3 is 5.73 Å². The molecule has 1 aromatic heterocycles. The van der Waals surface area contributed by atoms with Crippen LogP contribution < -0.4 is 5.73 Å². The Bertz CT molecular complexity index is 532. The predicted octanol–water partition coefficient (Wildman–Crippen LogP) is 3.70. The number of pyridine rings is 1. The molecule has 0 spiro atoms. The Balaban J connectivity index is 2.27. The Morgan fingerprint density at radius 2 is 1.83 bits per heavy atom. The molecule has 1 unspecified atom stereocenters. The van der Waals surface area contributed by atoms with Crippen LogP contribution in [0.5, 0.6) is 0 Å². The van der Waals surface area contributed by atoms with Gasteiger partial charge in [0.1, 0.15) is 0 Å². The number of rotatable bonds is 3. The fourth-order valence-corrected chi connectivity index (χ4v) is 2.71. The maximum atomic E-state index is 6.27. The first-order valence-electron chi connectivity index (χ1n) is 6.00. The summed E-state index contributed by atoms with van der Waals surface area (Å²) in [5, 5.41) is 0. The second-order valence-electron chi connectivity index (χ2n) is 4.55. The van der Waals surface area contributed by atoms with Gasteiger partial charge in [0, 0.05) is 10.7 Å². The molecule has 0 saturated carbocycles. The number of hydrogen-bond donors (Lipinski definition) is 1. The first-order valence-corrected chi connectivity index (χ1v) is 6.80. The van der Waals surface area contributed by atoms with Crippen molar-refractivity contribution in [3.63, 3.8) is 0 Å². The van der Waals surface area contributed by atoms with Crippen molar-refractivity contribution in [3.8, 4) is 0 Å². The summed E-state index contributed by atoms with van der Waals surface area (Å²) in [5.74, 6) is 0. The summed E-state index contributed by atoms with van der Waals surface area (Å²) in [4.78, 5) is 4.36. The van der Waals surface area contributed by atoms with Crippen molar-refractivity contribution < 1.29 is 0 Å². The van der Waals surface area contributed by atoms with Crippen LogP contribution in [0.3, 0.4) is 0 Å². The molecule has 0 saturated heterocycles. The van der Waals surface area contributed by atoms with Gasteiger partial charge in [0.25, 0.3) is 0 Å². The third-order valence-corrected chi connectivity index (χ3v) is 3.88. The van der Waals surface area contributed by atoms with Gasteiger partial charge in [-0.25, -0.2) is 0 Å². The number of benzene rings is 1. The van der Waals surface area contributed by atoms with E-state index in [1.807, 2.05) is 12.1 Å². The highest BCUT2D eigenvalue weighted by Gasteiger charge is 2.14. The lowest BCUT2D eigenvalue weighted by atomic mass is 9.95. The van der Waals surface area contributed by atoms with E-state index in [4.69, 9.17) is 5.73 Å². The number of hydrogen-bond acceptors (Lipinski definition) is 2. The van der Waals surface area contributed by atoms with E-state index in [0.717, 1.165) is 16.6 Å². The van der Waals surface area contributed by atoms with Crippen molar-refractivity contribution in [1.29, 1.82) is 0 Å². The highest BCUT2D eigenvalue weighted by atomic mass is 79.9. The van der Waals surface area contributed by atoms with Crippen LogP contribution in [0, 0.1) is 13.8 Å². The van der Waals surface area contributed by atoms with Gasteiger partial charge in [0.15, 0.2) is 0 Å². The molecule has 18 heavy (non-hydrogen) atoms. The van der Waals surface area contributed by atoms with Crippen molar-refractivity contribution in [1.82, 2.24) is 4.98 Å². The minimum absolute atomic E-state index is 0.0830. The van der Waals surface area contributed by atoms with E-state index in [1.54, 1.807) is 6.20 Å². The number of nitrogens with zero attached hydrogens (tertiary/aromatic N) is 1. The second kappa shape index (κ2) is 5.63. The van der Waals surface area contributed by atoms with E-state index in [2.05, 4.69) is 53.0 Å².